The zero-order valence-corrected chi connectivity index (χ0v) is 12.0. The number of amides is 1. The van der Waals surface area contributed by atoms with Crippen molar-refractivity contribution in [2.24, 2.45) is 5.92 Å². The minimum absolute atomic E-state index is 0.0785. The minimum atomic E-state index is -0.959. The van der Waals surface area contributed by atoms with Crippen molar-refractivity contribution in [2.75, 3.05) is 19.8 Å². The maximum Gasteiger partial charge on any atom is 0.335 e. The van der Waals surface area contributed by atoms with Crippen LogP contribution in [0.25, 0.3) is 0 Å². The van der Waals surface area contributed by atoms with Gasteiger partial charge in [-0.3, -0.25) is 4.79 Å². The van der Waals surface area contributed by atoms with Crippen LogP contribution in [0.4, 0.5) is 0 Å². The lowest BCUT2D eigenvalue weighted by Crippen LogP contribution is -2.27. The molecule has 5 nitrogen and oxygen atoms in total. The Morgan fingerprint density at radius 2 is 2.05 bits per heavy atom. The monoisotopic (exact) mass is 291 g/mol. The van der Waals surface area contributed by atoms with Gasteiger partial charge in [-0.1, -0.05) is 18.2 Å². The molecular formula is C16H21NO4. The van der Waals surface area contributed by atoms with E-state index in [1.807, 2.05) is 0 Å². The first-order chi connectivity index (χ1) is 10.2. The van der Waals surface area contributed by atoms with Gasteiger partial charge in [-0.05, 0) is 36.8 Å². The smallest absolute Gasteiger partial charge is 0.335 e. The van der Waals surface area contributed by atoms with E-state index < -0.39 is 5.97 Å². The van der Waals surface area contributed by atoms with Crippen LogP contribution >= 0.6 is 0 Å². The standard InChI is InChI=1S/C16H21NO4/c18-15(17-9-10-21-11-12-5-6-12)8-7-13-3-1-2-4-14(13)16(19)20/h1-4,12H,5-11H2,(H,17,18)(H,19,20). The molecule has 2 N–H and O–H groups in total. The van der Waals surface area contributed by atoms with Gasteiger partial charge < -0.3 is 15.2 Å². The van der Waals surface area contributed by atoms with Crippen molar-refractivity contribution in [3.05, 3.63) is 35.4 Å². The number of hydrogen-bond acceptors (Lipinski definition) is 3. The van der Waals surface area contributed by atoms with Gasteiger partial charge in [-0.15, -0.1) is 0 Å². The molecule has 0 bridgehead atoms. The summed E-state index contributed by atoms with van der Waals surface area (Å²) in [6, 6.07) is 6.77. The number of carboxylic acids is 1. The molecule has 0 heterocycles. The van der Waals surface area contributed by atoms with Gasteiger partial charge in [0.15, 0.2) is 0 Å². The van der Waals surface area contributed by atoms with Crippen molar-refractivity contribution < 1.29 is 19.4 Å². The summed E-state index contributed by atoms with van der Waals surface area (Å²) < 4.78 is 5.43. The Morgan fingerprint density at radius 3 is 2.76 bits per heavy atom. The molecule has 0 unspecified atom stereocenters. The highest BCUT2D eigenvalue weighted by atomic mass is 16.5. The average molecular weight is 291 g/mol. The summed E-state index contributed by atoms with van der Waals surface area (Å²) in [5.41, 5.74) is 0.947. The van der Waals surface area contributed by atoms with Crippen LogP contribution in [0.15, 0.2) is 24.3 Å². The van der Waals surface area contributed by atoms with Crippen LogP contribution in [0.2, 0.25) is 0 Å². The Morgan fingerprint density at radius 1 is 1.29 bits per heavy atom. The quantitative estimate of drug-likeness (QED) is 0.681. The van der Waals surface area contributed by atoms with Crippen molar-refractivity contribution in [1.29, 1.82) is 0 Å². The topological polar surface area (TPSA) is 75.6 Å². The summed E-state index contributed by atoms with van der Waals surface area (Å²) in [7, 11) is 0. The Labute approximate surface area is 124 Å². The molecule has 1 aliphatic rings. The molecule has 2 rings (SSSR count). The molecule has 1 fully saturated rings. The number of nitrogens with one attached hydrogen (secondary N) is 1. The molecule has 114 valence electrons. The lowest BCUT2D eigenvalue weighted by molar-refractivity contribution is -0.121. The molecule has 1 amide bonds. The third-order valence-electron chi connectivity index (χ3n) is 3.49. The highest BCUT2D eigenvalue weighted by Crippen LogP contribution is 2.28. The van der Waals surface area contributed by atoms with Crippen molar-refractivity contribution in [1.82, 2.24) is 5.32 Å². The van der Waals surface area contributed by atoms with E-state index in [9.17, 15) is 9.59 Å². The second kappa shape index (κ2) is 7.78. The molecule has 1 aliphatic carbocycles. The average Bonchev–Trinajstić information content (AvgIpc) is 3.29. The van der Waals surface area contributed by atoms with Gasteiger partial charge in [-0.25, -0.2) is 4.79 Å². The molecule has 1 aromatic rings. The number of aromatic carboxylic acids is 1. The fourth-order valence-corrected chi connectivity index (χ4v) is 2.08. The maximum atomic E-state index is 11.7. The maximum absolute atomic E-state index is 11.7. The molecule has 0 spiro atoms. The first kappa shape index (κ1) is 15.5. The minimum Gasteiger partial charge on any atom is -0.478 e. The predicted octanol–water partition coefficient (Wildman–Crippen LogP) is 1.86. The normalized spacial score (nSPS) is 13.9. The van der Waals surface area contributed by atoms with E-state index in [0.717, 1.165) is 12.5 Å². The summed E-state index contributed by atoms with van der Waals surface area (Å²) >= 11 is 0. The summed E-state index contributed by atoms with van der Waals surface area (Å²) in [5, 5.41) is 11.8. The number of hydrogen-bond donors (Lipinski definition) is 2. The summed E-state index contributed by atoms with van der Waals surface area (Å²) in [6.45, 7) is 1.84. The second-order valence-electron chi connectivity index (χ2n) is 5.33. The molecular weight excluding hydrogens is 270 g/mol. The van der Waals surface area contributed by atoms with Crippen molar-refractivity contribution in [3.63, 3.8) is 0 Å². The Balaban J connectivity index is 1.64. The summed E-state index contributed by atoms with van der Waals surface area (Å²) in [6.07, 6.45) is 3.23. The number of benzene rings is 1. The Kier molecular flexibility index (Phi) is 5.75. The molecule has 1 aromatic carbocycles. The van der Waals surface area contributed by atoms with Crippen LogP contribution in [0.5, 0.6) is 0 Å². The van der Waals surface area contributed by atoms with Gasteiger partial charge in [0, 0.05) is 19.6 Å². The molecule has 0 radical (unpaired) electrons. The number of rotatable bonds is 9. The second-order valence-corrected chi connectivity index (χ2v) is 5.33. The van der Waals surface area contributed by atoms with E-state index in [1.54, 1.807) is 24.3 Å². The number of aryl methyl sites for hydroxylation is 1. The first-order valence-corrected chi connectivity index (χ1v) is 7.32. The lowest BCUT2D eigenvalue weighted by atomic mass is 10.0. The van der Waals surface area contributed by atoms with Crippen molar-refractivity contribution in [2.45, 2.75) is 25.7 Å². The summed E-state index contributed by atoms with van der Waals surface area (Å²) in [4.78, 5) is 22.7. The molecule has 0 aromatic heterocycles. The van der Waals surface area contributed by atoms with E-state index in [4.69, 9.17) is 9.84 Å². The summed E-state index contributed by atoms with van der Waals surface area (Å²) in [5.74, 6) is -0.307. The molecule has 0 atom stereocenters. The van der Waals surface area contributed by atoms with E-state index in [0.29, 0.717) is 25.1 Å². The zero-order valence-electron chi connectivity index (χ0n) is 12.0. The van der Waals surface area contributed by atoms with Crippen molar-refractivity contribution >= 4 is 11.9 Å². The molecule has 0 saturated heterocycles. The number of ether oxygens (including phenoxy) is 1. The van der Waals surface area contributed by atoms with Gasteiger partial charge in [0.2, 0.25) is 5.91 Å². The van der Waals surface area contributed by atoms with Crippen LogP contribution in [-0.4, -0.2) is 36.7 Å². The van der Waals surface area contributed by atoms with Crippen LogP contribution in [0.1, 0.15) is 35.2 Å². The number of carboxylic acid groups (broad SMARTS) is 1. The predicted molar refractivity (Wildman–Crippen MR) is 78.3 cm³/mol. The van der Waals surface area contributed by atoms with Crippen LogP contribution in [-0.2, 0) is 16.0 Å². The fraction of sp³-hybridized carbons (Fsp3) is 0.500. The van der Waals surface area contributed by atoms with Crippen LogP contribution < -0.4 is 5.32 Å². The number of carbonyl (C=O) groups is 2. The van der Waals surface area contributed by atoms with E-state index in [2.05, 4.69) is 5.32 Å². The molecule has 0 aliphatic heterocycles. The Bertz CT molecular complexity index is 497. The van der Waals surface area contributed by atoms with Gasteiger partial charge >= 0.3 is 5.97 Å². The SMILES string of the molecule is O=C(CCc1ccccc1C(=O)O)NCCOCC1CC1. The van der Waals surface area contributed by atoms with Gasteiger partial charge in [0.1, 0.15) is 0 Å². The molecule has 1 saturated carbocycles. The van der Waals surface area contributed by atoms with E-state index in [-0.39, 0.29) is 17.9 Å². The lowest BCUT2D eigenvalue weighted by Gasteiger charge is -2.07. The highest BCUT2D eigenvalue weighted by molar-refractivity contribution is 5.89. The van der Waals surface area contributed by atoms with E-state index >= 15 is 0 Å². The Hall–Kier alpha value is -1.88. The van der Waals surface area contributed by atoms with Crippen LogP contribution in [0.3, 0.4) is 0 Å². The van der Waals surface area contributed by atoms with Gasteiger partial charge in [0.05, 0.1) is 12.2 Å². The third-order valence-corrected chi connectivity index (χ3v) is 3.49. The van der Waals surface area contributed by atoms with Gasteiger partial charge in [-0.2, -0.15) is 0 Å². The molecule has 21 heavy (non-hydrogen) atoms. The largest absolute Gasteiger partial charge is 0.478 e. The highest BCUT2D eigenvalue weighted by Gasteiger charge is 2.20. The molecule has 5 heteroatoms. The number of carbonyl (C=O) groups excluding carboxylic acids is 1. The zero-order chi connectivity index (χ0) is 15.1. The van der Waals surface area contributed by atoms with E-state index in [1.165, 1.54) is 12.8 Å². The van der Waals surface area contributed by atoms with Crippen molar-refractivity contribution in [3.8, 4) is 0 Å². The fourth-order valence-electron chi connectivity index (χ4n) is 2.08. The van der Waals surface area contributed by atoms with Crippen LogP contribution in [0, 0.1) is 5.92 Å². The third kappa shape index (κ3) is 5.55. The van der Waals surface area contributed by atoms with Gasteiger partial charge in [0.25, 0.3) is 0 Å². The first-order valence-electron chi connectivity index (χ1n) is 7.32.